The van der Waals surface area contributed by atoms with Gasteiger partial charge < -0.3 is 5.11 Å². The largest absolute Gasteiger partial charge is 0.478 e. The Morgan fingerprint density at radius 2 is 0.646 bits per heavy atom. The van der Waals surface area contributed by atoms with Crippen molar-refractivity contribution in [1.29, 1.82) is 0 Å². The van der Waals surface area contributed by atoms with Crippen molar-refractivity contribution < 1.29 is 125 Å². The van der Waals surface area contributed by atoms with E-state index >= 15 is 0 Å². The summed E-state index contributed by atoms with van der Waals surface area (Å²) in [5, 5.41) is 10.8. The van der Waals surface area contributed by atoms with Crippen LogP contribution in [-0.2, 0) is 56.0 Å². The summed E-state index contributed by atoms with van der Waals surface area (Å²) in [5.74, 6) is -0.947. The standard InChI is InChI=1S/C32H12BF24.C18H13NO3/c34-25(35,36)13-1-14(26(37,38)39)6-21(5-13)33(22-7-15(27(40,41)42)2-16(8-22)28(43,44)45,23-9-17(29(46,47)48)3-18(10-23)30(49,50)51)24-11-19(31(52,53)54)4-20(12-24)32(55,56)57;20-17(14-4-2-1-3-5-14)12-19-9-8-13-6-7-15(18(21)22)10-16(13)11-19/h1-12H;1-11H,12H2/q-1;/p+1. The quantitative estimate of drug-likeness (QED) is 0.0714. The number of nitrogens with zero attached hydrogens (tertiary/aromatic N) is 1. The number of carboxylic acid groups (broad SMARTS) is 1. The number of hydrogen-bond donors (Lipinski definition) is 1. The van der Waals surface area contributed by atoms with Crippen LogP contribution in [0.15, 0.2) is 140 Å². The van der Waals surface area contributed by atoms with Crippen molar-refractivity contribution in [2.45, 2.75) is 56.0 Å². The summed E-state index contributed by atoms with van der Waals surface area (Å²) in [6, 6.07) is 7.11. The van der Waals surface area contributed by atoms with Gasteiger partial charge >= 0.3 is 55.4 Å². The van der Waals surface area contributed by atoms with Gasteiger partial charge in [0.25, 0.3) is 0 Å². The fourth-order valence-electron chi connectivity index (χ4n) is 8.42. The van der Waals surface area contributed by atoms with Crippen molar-refractivity contribution in [3.8, 4) is 0 Å². The van der Waals surface area contributed by atoms with Crippen LogP contribution in [0.5, 0.6) is 0 Å². The number of benzene rings is 6. The topological polar surface area (TPSA) is 58.2 Å². The maximum Gasteiger partial charge on any atom is 0.416 e. The van der Waals surface area contributed by atoms with Crippen LogP contribution in [0.3, 0.4) is 0 Å². The fraction of sp³-hybridized carbons (Fsp3) is 0.180. The van der Waals surface area contributed by atoms with Crippen LogP contribution in [0.1, 0.15) is 65.2 Å². The van der Waals surface area contributed by atoms with Crippen LogP contribution in [-0.4, -0.2) is 23.0 Å². The van der Waals surface area contributed by atoms with E-state index in [1.165, 1.54) is 0 Å². The second kappa shape index (κ2) is 20.8. The van der Waals surface area contributed by atoms with E-state index in [1.807, 2.05) is 30.5 Å². The van der Waals surface area contributed by atoms with Gasteiger partial charge in [-0.15, -0.1) is 0 Å². The minimum Gasteiger partial charge on any atom is -0.478 e. The van der Waals surface area contributed by atoms with Gasteiger partial charge in [0.1, 0.15) is 6.15 Å². The molecule has 0 saturated carbocycles. The summed E-state index contributed by atoms with van der Waals surface area (Å²) in [7, 11) is 0. The normalized spacial score (nSPS) is 13.3. The van der Waals surface area contributed by atoms with Gasteiger partial charge in [0.2, 0.25) is 12.3 Å². The summed E-state index contributed by atoms with van der Waals surface area (Å²) in [6.45, 7) is 0.219. The molecule has 0 aliphatic carbocycles. The number of halogens is 24. The van der Waals surface area contributed by atoms with Crippen LogP contribution < -0.4 is 26.4 Å². The Labute approximate surface area is 426 Å². The average Bonchev–Trinajstić information content (AvgIpc) is 3.52. The van der Waals surface area contributed by atoms with Gasteiger partial charge in [0, 0.05) is 17.0 Å². The van der Waals surface area contributed by atoms with E-state index in [0.717, 1.165) is 10.8 Å². The average molecular weight is 1160 g/mol. The zero-order valence-electron chi connectivity index (χ0n) is 38.3. The molecule has 0 amide bonds. The number of carbonyl (C=O) groups is 2. The minimum atomic E-state index is -6.13. The number of alkyl halides is 24. The molecule has 420 valence electrons. The van der Waals surface area contributed by atoms with E-state index in [2.05, 4.69) is 0 Å². The molecule has 1 heterocycles. The van der Waals surface area contributed by atoms with E-state index in [-0.39, 0.29) is 17.9 Å². The van der Waals surface area contributed by atoms with Crippen LogP contribution in [0.25, 0.3) is 10.8 Å². The number of carboxylic acids is 1. The van der Waals surface area contributed by atoms with Crippen molar-refractivity contribution in [1.82, 2.24) is 0 Å². The number of hydrogen-bond acceptors (Lipinski definition) is 2. The van der Waals surface area contributed by atoms with Crippen LogP contribution in [0, 0.1) is 0 Å². The van der Waals surface area contributed by atoms with E-state index in [1.54, 1.807) is 41.1 Å². The van der Waals surface area contributed by atoms with Crippen molar-refractivity contribution in [3.63, 3.8) is 0 Å². The molecule has 1 N–H and O–H groups in total. The maximum absolute atomic E-state index is 14.2. The van der Waals surface area contributed by atoms with E-state index in [0.29, 0.717) is 5.56 Å². The van der Waals surface area contributed by atoms with Gasteiger partial charge in [-0.3, -0.25) is 4.79 Å². The molecule has 79 heavy (non-hydrogen) atoms. The highest BCUT2D eigenvalue weighted by Crippen LogP contribution is 2.41. The highest BCUT2D eigenvalue weighted by Gasteiger charge is 2.47. The molecule has 0 fully saturated rings. The third kappa shape index (κ3) is 13.8. The molecule has 0 saturated heterocycles. The summed E-state index contributed by atoms with van der Waals surface area (Å²) in [6.07, 6.45) is -51.2. The minimum absolute atomic E-state index is 0.0133. The molecule has 0 spiro atoms. The molecule has 7 aromatic rings. The number of fused-ring (bicyclic) bond motifs is 1. The molecular weight excluding hydrogens is 1130 g/mol. The first-order valence-corrected chi connectivity index (χ1v) is 21.5. The van der Waals surface area contributed by atoms with Crippen LogP contribution >= 0.6 is 0 Å². The lowest BCUT2D eigenvalue weighted by molar-refractivity contribution is -0.681. The van der Waals surface area contributed by atoms with Crippen LogP contribution in [0.4, 0.5) is 105 Å². The first-order chi connectivity index (χ1) is 35.9. The van der Waals surface area contributed by atoms with E-state index in [9.17, 15) is 115 Å². The first-order valence-electron chi connectivity index (χ1n) is 21.5. The summed E-state index contributed by atoms with van der Waals surface area (Å²) in [5.41, 5.74) is -29.3. The van der Waals surface area contributed by atoms with Crippen molar-refractivity contribution >= 4 is 50.5 Å². The summed E-state index contributed by atoms with van der Waals surface area (Å²) < 4.78 is 343. The second-order valence-corrected chi connectivity index (χ2v) is 17.3. The van der Waals surface area contributed by atoms with Gasteiger partial charge in [-0.1, -0.05) is 84.9 Å². The first kappa shape index (κ1) is 60.5. The summed E-state index contributed by atoms with van der Waals surface area (Å²) >= 11 is 0. The molecule has 6 aromatic carbocycles. The Bertz CT molecular complexity index is 2990. The number of aromatic carboxylic acids is 1. The van der Waals surface area contributed by atoms with E-state index in [4.69, 9.17) is 5.11 Å². The number of aromatic nitrogens is 1. The van der Waals surface area contributed by atoms with Crippen LogP contribution in [0.2, 0.25) is 0 Å². The lowest BCUT2D eigenvalue weighted by Gasteiger charge is -2.46. The number of ketones is 1. The zero-order chi connectivity index (χ0) is 59.4. The third-order valence-corrected chi connectivity index (χ3v) is 11.9. The molecule has 0 bridgehead atoms. The number of rotatable bonds is 8. The lowest BCUT2D eigenvalue weighted by atomic mass is 9.12. The molecular formula is C50H26BF24NO3. The SMILES string of the molecule is FC(F)(F)c1cc([B-](c2cc(C(F)(F)F)cc(C(F)(F)F)c2)(c2cc(C(F)(F)F)cc(C(F)(F)F)c2)c2cc(C(F)(F)F)cc(C(F)(F)F)c2)cc(C(F)(F)F)c1.O=C(O)c1ccc2cc[n+](CC(=O)c3ccccc3)cc2c1. The Kier molecular flexibility index (Phi) is 15.9. The number of pyridine rings is 1. The highest BCUT2D eigenvalue weighted by molar-refractivity contribution is 7.20. The van der Waals surface area contributed by atoms with Gasteiger partial charge in [0.15, 0.2) is 12.4 Å². The molecule has 0 aliphatic heterocycles. The lowest BCUT2D eigenvalue weighted by Crippen LogP contribution is -2.75. The van der Waals surface area contributed by atoms with Gasteiger partial charge in [-0.25, -0.2) is 4.79 Å². The monoisotopic (exact) mass is 1160 g/mol. The predicted molar refractivity (Wildman–Crippen MR) is 232 cm³/mol. The molecule has 0 aliphatic rings. The van der Waals surface area contributed by atoms with Gasteiger partial charge in [-0.05, 0) is 41.8 Å². The second-order valence-electron chi connectivity index (χ2n) is 17.3. The van der Waals surface area contributed by atoms with Gasteiger partial charge in [0.05, 0.1) is 50.1 Å². The Morgan fingerprint density at radius 3 is 0.911 bits per heavy atom. The van der Waals surface area contributed by atoms with Crippen molar-refractivity contribution in [2.24, 2.45) is 0 Å². The molecule has 7 rings (SSSR count). The smallest absolute Gasteiger partial charge is 0.416 e. The maximum atomic E-state index is 14.2. The predicted octanol–water partition coefficient (Wildman–Crippen LogP) is 13.9. The summed E-state index contributed by atoms with van der Waals surface area (Å²) in [4.78, 5) is 23.2. The number of Topliss-reactive ketones (excluding diaryl/α,β-unsaturated/α-hetero) is 1. The number of carbonyl (C=O) groups excluding carboxylic acids is 1. The Hall–Kier alpha value is -7.75. The molecule has 0 atom stereocenters. The molecule has 4 nitrogen and oxygen atoms in total. The molecule has 0 radical (unpaired) electrons. The van der Waals surface area contributed by atoms with E-state index < -0.39 is 201 Å². The fourth-order valence-corrected chi connectivity index (χ4v) is 8.42. The van der Waals surface area contributed by atoms with Crippen molar-refractivity contribution in [3.05, 3.63) is 195 Å². The molecule has 1 aromatic heterocycles. The molecule has 29 heteroatoms. The zero-order valence-corrected chi connectivity index (χ0v) is 38.3. The Morgan fingerprint density at radius 1 is 0.354 bits per heavy atom. The third-order valence-electron chi connectivity index (χ3n) is 11.9. The van der Waals surface area contributed by atoms with Crippen molar-refractivity contribution in [2.75, 3.05) is 0 Å². The van der Waals surface area contributed by atoms with Gasteiger partial charge in [-0.2, -0.15) is 132 Å². The Balaban J connectivity index is 0.000000378. The highest BCUT2D eigenvalue weighted by atomic mass is 19.4. The molecule has 0 unspecified atom stereocenters.